The Hall–Kier alpha value is -3.87. The summed E-state index contributed by atoms with van der Waals surface area (Å²) in [4.78, 5) is 7.07. The maximum atomic E-state index is 7.98. The van der Waals surface area contributed by atoms with Gasteiger partial charge in [0.05, 0.1) is 16.9 Å². The number of nitrogens with zero attached hydrogens (tertiary/aromatic N) is 3. The number of aromatic nitrogens is 2. The highest BCUT2D eigenvalue weighted by molar-refractivity contribution is 6.08. The number of nitrogens with one attached hydrogen (secondary N) is 2. The molecule has 1 aliphatic rings. The molecule has 0 unspecified atom stereocenters. The molecule has 0 amide bonds. The number of nitrogens with two attached hydrogens (primary N) is 1. The van der Waals surface area contributed by atoms with E-state index >= 15 is 0 Å². The Labute approximate surface area is 211 Å². The fraction of sp³-hybridized carbons (Fsp3) is 0.345. The van der Waals surface area contributed by atoms with Crippen LogP contribution in [0.5, 0.6) is 5.75 Å². The largest absolute Gasteiger partial charge is 0.490 e. The van der Waals surface area contributed by atoms with Crippen LogP contribution in [0.25, 0.3) is 21.8 Å². The molecule has 0 radical (unpaired) electrons. The number of hydrogen-bond donors (Lipinski definition) is 3. The summed E-state index contributed by atoms with van der Waals surface area (Å²) in [6.45, 7) is 6.44. The first-order chi connectivity index (χ1) is 17.4. The van der Waals surface area contributed by atoms with Crippen molar-refractivity contribution in [1.29, 1.82) is 10.8 Å². The zero-order valence-corrected chi connectivity index (χ0v) is 21.1. The number of piperidine rings is 1. The lowest BCUT2D eigenvalue weighted by atomic mass is 9.98. The van der Waals surface area contributed by atoms with E-state index in [0.717, 1.165) is 77.7 Å². The van der Waals surface area contributed by atoms with Crippen LogP contribution in [0.15, 0.2) is 54.6 Å². The van der Waals surface area contributed by atoms with Crippen LogP contribution in [-0.4, -0.2) is 45.3 Å². The number of ether oxygens (including phenoxy) is 1. The van der Waals surface area contributed by atoms with Gasteiger partial charge in [-0.25, -0.2) is 4.98 Å². The Kier molecular flexibility index (Phi) is 6.63. The molecule has 4 aromatic rings. The van der Waals surface area contributed by atoms with Gasteiger partial charge in [-0.3, -0.25) is 10.8 Å². The van der Waals surface area contributed by atoms with Gasteiger partial charge in [-0.05, 0) is 41.8 Å². The first kappa shape index (κ1) is 23.9. The SMILES string of the molecule is CCCc1nc2ccc(OC3CCN(C(C)=N)CC3)cc2n1Cc1ccc(C(=N)N)c2ccccc12. The van der Waals surface area contributed by atoms with Crippen LogP contribution in [0.4, 0.5) is 0 Å². The lowest BCUT2D eigenvalue weighted by Gasteiger charge is -2.32. The van der Waals surface area contributed by atoms with E-state index in [1.807, 2.05) is 37.3 Å². The highest BCUT2D eigenvalue weighted by atomic mass is 16.5. The smallest absolute Gasteiger partial charge is 0.123 e. The molecule has 0 saturated carbocycles. The first-order valence-electron chi connectivity index (χ1n) is 12.8. The minimum Gasteiger partial charge on any atom is -0.490 e. The third-order valence-corrected chi connectivity index (χ3v) is 7.12. The van der Waals surface area contributed by atoms with Crippen molar-refractivity contribution < 1.29 is 4.74 Å². The average molecular weight is 483 g/mol. The second kappa shape index (κ2) is 10.0. The molecule has 0 atom stereocenters. The van der Waals surface area contributed by atoms with E-state index in [9.17, 15) is 0 Å². The molecule has 1 saturated heterocycles. The normalized spacial score (nSPS) is 14.4. The molecule has 0 aliphatic carbocycles. The lowest BCUT2D eigenvalue weighted by molar-refractivity contribution is 0.130. The number of amidine groups is 2. The van der Waals surface area contributed by atoms with Gasteiger partial charge in [-0.15, -0.1) is 0 Å². The maximum Gasteiger partial charge on any atom is 0.123 e. The standard InChI is InChI=1S/C29H34N6O/c1-3-6-28-33-26-12-10-22(36-21-13-15-34(16-14-21)19(2)30)17-27(26)35(28)18-20-9-11-25(29(31)32)24-8-5-4-7-23(20)24/h4-5,7-12,17,21,30H,3,6,13-16,18H2,1-2H3,(H3,31,32). The zero-order valence-electron chi connectivity index (χ0n) is 21.1. The van der Waals surface area contributed by atoms with E-state index < -0.39 is 0 Å². The van der Waals surface area contributed by atoms with Gasteiger partial charge in [-0.2, -0.15) is 0 Å². The first-order valence-corrected chi connectivity index (χ1v) is 12.8. The molecule has 4 N–H and O–H groups in total. The summed E-state index contributed by atoms with van der Waals surface area (Å²) >= 11 is 0. The summed E-state index contributed by atoms with van der Waals surface area (Å²) in [6.07, 6.45) is 3.91. The highest BCUT2D eigenvalue weighted by Crippen LogP contribution is 2.29. The number of imidazole rings is 1. The van der Waals surface area contributed by atoms with E-state index in [1.165, 1.54) is 5.56 Å². The number of nitrogen functional groups attached to an aromatic ring is 1. The predicted molar refractivity (Wildman–Crippen MR) is 146 cm³/mol. The topological polar surface area (TPSA) is 104 Å². The number of aryl methyl sites for hydroxylation is 1. The molecule has 0 bridgehead atoms. The summed E-state index contributed by atoms with van der Waals surface area (Å²) in [5.74, 6) is 2.65. The van der Waals surface area contributed by atoms with Gasteiger partial charge in [0.1, 0.15) is 23.5 Å². The third-order valence-electron chi connectivity index (χ3n) is 7.12. The summed E-state index contributed by atoms with van der Waals surface area (Å²) in [5, 5.41) is 17.9. The van der Waals surface area contributed by atoms with Crippen LogP contribution in [0, 0.1) is 10.8 Å². The summed E-state index contributed by atoms with van der Waals surface area (Å²) in [5.41, 5.74) is 9.85. The van der Waals surface area contributed by atoms with E-state index in [2.05, 4.69) is 40.7 Å². The Morgan fingerprint density at radius 3 is 2.50 bits per heavy atom. The van der Waals surface area contributed by atoms with Crippen LogP contribution >= 0.6 is 0 Å². The number of likely N-dealkylation sites (tertiary alicyclic amines) is 1. The van der Waals surface area contributed by atoms with Crippen LogP contribution in [-0.2, 0) is 13.0 Å². The molecule has 0 spiro atoms. The number of fused-ring (bicyclic) bond motifs is 2. The Morgan fingerprint density at radius 2 is 1.81 bits per heavy atom. The second-order valence-corrected chi connectivity index (χ2v) is 9.64. The molecule has 36 heavy (non-hydrogen) atoms. The quantitative estimate of drug-likeness (QED) is 0.245. The molecule has 7 heteroatoms. The molecule has 3 aromatic carbocycles. The van der Waals surface area contributed by atoms with Gasteiger partial charge in [0.15, 0.2) is 0 Å². The van der Waals surface area contributed by atoms with Crippen molar-refractivity contribution >= 4 is 33.5 Å². The van der Waals surface area contributed by atoms with E-state index in [0.29, 0.717) is 12.4 Å². The van der Waals surface area contributed by atoms with Crippen LogP contribution in [0.1, 0.15) is 50.1 Å². The molecular weight excluding hydrogens is 448 g/mol. The third kappa shape index (κ3) is 4.65. The number of rotatable bonds is 7. The van der Waals surface area contributed by atoms with Gasteiger partial charge < -0.3 is 19.9 Å². The monoisotopic (exact) mass is 482 g/mol. The van der Waals surface area contributed by atoms with Gasteiger partial charge in [0, 0.05) is 50.5 Å². The van der Waals surface area contributed by atoms with Crippen LogP contribution in [0.3, 0.4) is 0 Å². The zero-order chi connectivity index (χ0) is 25.2. The highest BCUT2D eigenvalue weighted by Gasteiger charge is 2.21. The molecule has 1 aromatic heterocycles. The average Bonchev–Trinajstić information content (AvgIpc) is 3.21. The molecule has 7 nitrogen and oxygen atoms in total. The van der Waals surface area contributed by atoms with Crippen molar-refractivity contribution in [2.75, 3.05) is 13.1 Å². The minimum atomic E-state index is 0.0842. The van der Waals surface area contributed by atoms with Crippen molar-refractivity contribution in [3.8, 4) is 5.75 Å². The summed E-state index contributed by atoms with van der Waals surface area (Å²) < 4.78 is 8.71. The minimum absolute atomic E-state index is 0.0842. The van der Waals surface area contributed by atoms with Crippen LogP contribution < -0.4 is 10.5 Å². The van der Waals surface area contributed by atoms with Crippen molar-refractivity contribution in [2.24, 2.45) is 5.73 Å². The number of hydrogen-bond acceptors (Lipinski definition) is 4. The van der Waals surface area contributed by atoms with Crippen molar-refractivity contribution in [2.45, 2.75) is 52.2 Å². The Morgan fingerprint density at radius 1 is 1.06 bits per heavy atom. The Bertz CT molecular complexity index is 1430. The molecule has 2 heterocycles. The van der Waals surface area contributed by atoms with Gasteiger partial charge in [0.25, 0.3) is 0 Å². The van der Waals surface area contributed by atoms with Crippen molar-refractivity contribution in [1.82, 2.24) is 14.5 Å². The second-order valence-electron chi connectivity index (χ2n) is 9.64. The van der Waals surface area contributed by atoms with E-state index in [-0.39, 0.29) is 11.9 Å². The maximum absolute atomic E-state index is 7.98. The van der Waals surface area contributed by atoms with Crippen molar-refractivity contribution in [3.05, 3.63) is 71.5 Å². The van der Waals surface area contributed by atoms with E-state index in [1.54, 1.807) is 0 Å². The lowest BCUT2D eigenvalue weighted by Crippen LogP contribution is -2.40. The molecule has 1 aliphatic heterocycles. The molecule has 1 fully saturated rings. The van der Waals surface area contributed by atoms with Crippen LogP contribution in [0.2, 0.25) is 0 Å². The van der Waals surface area contributed by atoms with Gasteiger partial charge in [0.2, 0.25) is 0 Å². The summed E-state index contributed by atoms with van der Waals surface area (Å²) in [6, 6.07) is 18.4. The fourth-order valence-electron chi connectivity index (χ4n) is 5.22. The van der Waals surface area contributed by atoms with Crippen molar-refractivity contribution in [3.63, 3.8) is 0 Å². The molecular formula is C29H34N6O. The van der Waals surface area contributed by atoms with Gasteiger partial charge in [-0.1, -0.05) is 43.3 Å². The summed E-state index contributed by atoms with van der Waals surface area (Å²) in [7, 11) is 0. The fourth-order valence-corrected chi connectivity index (χ4v) is 5.22. The molecule has 186 valence electrons. The van der Waals surface area contributed by atoms with Gasteiger partial charge >= 0.3 is 0 Å². The predicted octanol–water partition coefficient (Wildman–Crippen LogP) is 5.31. The Balaban J connectivity index is 1.49. The number of benzene rings is 3. The molecule has 5 rings (SSSR count). The van der Waals surface area contributed by atoms with E-state index in [4.69, 9.17) is 26.3 Å².